The zero-order valence-electron chi connectivity index (χ0n) is 4.57. The summed E-state index contributed by atoms with van der Waals surface area (Å²) in [7, 11) is 0. The van der Waals surface area contributed by atoms with Crippen molar-refractivity contribution in [3.63, 3.8) is 0 Å². The summed E-state index contributed by atoms with van der Waals surface area (Å²) in [5.41, 5.74) is 0.991. The highest BCUT2D eigenvalue weighted by Gasteiger charge is 2.02. The van der Waals surface area contributed by atoms with Crippen LogP contribution in [-0.4, -0.2) is 11.7 Å². The second-order valence-corrected chi connectivity index (χ2v) is 1.40. The van der Waals surface area contributed by atoms with Crippen LogP contribution in [0.25, 0.3) is 0 Å². The van der Waals surface area contributed by atoms with E-state index in [4.69, 9.17) is 10.5 Å². The number of ether oxygens (including phenoxy) is 1. The first kappa shape index (κ1) is 7.87. The van der Waals surface area contributed by atoms with Crippen LogP contribution in [0.5, 0.6) is 0 Å². The predicted molar refractivity (Wildman–Crippen MR) is 34.4 cm³/mol. The Kier molecular flexibility index (Phi) is 4.39. The molecule has 0 radical (unpaired) electrons. The molecule has 0 bridgehead atoms. The topological polar surface area (TPSA) is 56.8 Å². The standard InChI is InChI=1S/C5H4N2OS/c6-2-1-5(3-7)8-4-9/h4-5H,1H2. The zero-order chi connectivity index (χ0) is 7.11. The van der Waals surface area contributed by atoms with Crippen LogP contribution >= 0.6 is 12.2 Å². The van der Waals surface area contributed by atoms with Crippen molar-refractivity contribution in [3.05, 3.63) is 0 Å². The van der Waals surface area contributed by atoms with Crippen molar-refractivity contribution in [3.8, 4) is 12.1 Å². The molecule has 0 aliphatic heterocycles. The third kappa shape index (κ3) is 3.45. The molecule has 0 saturated heterocycles. The van der Waals surface area contributed by atoms with Gasteiger partial charge in [0.25, 0.3) is 0 Å². The van der Waals surface area contributed by atoms with Gasteiger partial charge in [-0.2, -0.15) is 10.5 Å². The van der Waals surface area contributed by atoms with Crippen molar-refractivity contribution in [2.24, 2.45) is 0 Å². The molecule has 0 aliphatic carbocycles. The molecule has 0 N–H and O–H groups in total. The van der Waals surface area contributed by atoms with Crippen LogP contribution in [0.1, 0.15) is 6.42 Å². The van der Waals surface area contributed by atoms with E-state index in [2.05, 4.69) is 17.0 Å². The van der Waals surface area contributed by atoms with E-state index in [0.29, 0.717) is 0 Å². The normalized spacial score (nSPS) is 10.4. The highest BCUT2D eigenvalue weighted by Crippen LogP contribution is 1.92. The third-order valence-electron chi connectivity index (χ3n) is 0.640. The smallest absolute Gasteiger partial charge is 0.197 e. The minimum absolute atomic E-state index is 0.0592. The van der Waals surface area contributed by atoms with Crippen molar-refractivity contribution in [1.29, 1.82) is 10.5 Å². The van der Waals surface area contributed by atoms with Crippen molar-refractivity contribution in [1.82, 2.24) is 0 Å². The van der Waals surface area contributed by atoms with Crippen molar-refractivity contribution >= 4 is 17.8 Å². The molecule has 3 nitrogen and oxygen atoms in total. The quantitative estimate of drug-likeness (QED) is 0.543. The third-order valence-corrected chi connectivity index (χ3v) is 0.752. The van der Waals surface area contributed by atoms with Gasteiger partial charge in [-0.25, -0.2) is 0 Å². The fourth-order valence-corrected chi connectivity index (χ4v) is 0.408. The maximum absolute atomic E-state index is 8.20. The average molecular weight is 140 g/mol. The lowest BCUT2D eigenvalue weighted by Crippen LogP contribution is -2.06. The Morgan fingerprint density at radius 2 is 2.33 bits per heavy atom. The van der Waals surface area contributed by atoms with Gasteiger partial charge in [-0.3, -0.25) is 0 Å². The molecule has 1 unspecified atom stereocenters. The summed E-state index contributed by atoms with van der Waals surface area (Å²) in [6.07, 6.45) is -0.642. The number of hydrogen-bond donors (Lipinski definition) is 0. The number of hydrogen-bond acceptors (Lipinski definition) is 4. The van der Waals surface area contributed by atoms with Gasteiger partial charge in [0.05, 0.1) is 12.5 Å². The molecule has 0 fully saturated rings. The molecule has 9 heavy (non-hydrogen) atoms. The fraction of sp³-hybridized carbons (Fsp3) is 0.400. The second-order valence-electron chi connectivity index (χ2n) is 1.21. The lowest BCUT2D eigenvalue weighted by Gasteiger charge is -1.99. The Labute approximate surface area is 58.5 Å². The lowest BCUT2D eigenvalue weighted by molar-refractivity contribution is 0.267. The Bertz CT molecular complexity index is 167. The number of nitrogens with zero attached hydrogens (tertiary/aromatic N) is 2. The van der Waals surface area contributed by atoms with E-state index in [-0.39, 0.29) is 6.42 Å². The van der Waals surface area contributed by atoms with Gasteiger partial charge in [0.2, 0.25) is 0 Å². The minimum Gasteiger partial charge on any atom is -0.471 e. The molecule has 0 aliphatic rings. The first-order valence-electron chi connectivity index (χ1n) is 2.20. The van der Waals surface area contributed by atoms with Crippen LogP contribution < -0.4 is 0 Å². The van der Waals surface area contributed by atoms with Gasteiger partial charge in [0.15, 0.2) is 6.10 Å². The van der Waals surface area contributed by atoms with Crippen molar-refractivity contribution in [2.45, 2.75) is 12.5 Å². The van der Waals surface area contributed by atoms with Crippen LogP contribution in [0, 0.1) is 22.7 Å². The van der Waals surface area contributed by atoms with E-state index in [1.54, 1.807) is 12.1 Å². The molecule has 0 spiro atoms. The summed E-state index contributed by atoms with van der Waals surface area (Å²) in [5.74, 6) is 0. The molecule has 0 amide bonds. The number of rotatable bonds is 3. The van der Waals surface area contributed by atoms with Gasteiger partial charge in [0, 0.05) is 0 Å². The molecule has 0 aromatic rings. The van der Waals surface area contributed by atoms with Gasteiger partial charge < -0.3 is 4.74 Å². The molecular formula is C5H4N2OS. The van der Waals surface area contributed by atoms with Crippen LogP contribution in [0.2, 0.25) is 0 Å². The van der Waals surface area contributed by atoms with Gasteiger partial charge >= 0.3 is 0 Å². The summed E-state index contributed by atoms with van der Waals surface area (Å²) in [6.45, 7) is 0. The summed E-state index contributed by atoms with van der Waals surface area (Å²) in [6, 6.07) is 3.55. The second kappa shape index (κ2) is 5.02. The number of thiocarbonyl (C=S) groups is 1. The van der Waals surface area contributed by atoms with Crippen molar-refractivity contribution in [2.75, 3.05) is 0 Å². The maximum atomic E-state index is 8.20. The Balaban J connectivity index is 3.60. The van der Waals surface area contributed by atoms with E-state index in [9.17, 15) is 0 Å². The summed E-state index contributed by atoms with van der Waals surface area (Å²) >= 11 is 4.30. The zero-order valence-corrected chi connectivity index (χ0v) is 5.39. The van der Waals surface area contributed by atoms with Gasteiger partial charge in [-0.05, 0) is 12.2 Å². The highest BCUT2D eigenvalue weighted by molar-refractivity contribution is 7.78. The molecule has 4 heteroatoms. The van der Waals surface area contributed by atoms with E-state index >= 15 is 0 Å². The SMILES string of the molecule is N#CCC(C#N)OC=S. The number of nitriles is 2. The molecule has 0 aromatic carbocycles. The summed E-state index contributed by atoms with van der Waals surface area (Å²) in [5, 5.41) is 16.3. The summed E-state index contributed by atoms with van der Waals surface area (Å²) < 4.78 is 4.54. The molecule has 0 saturated carbocycles. The Hall–Kier alpha value is -1.13. The molecule has 0 heterocycles. The van der Waals surface area contributed by atoms with Crippen LogP contribution in [-0.2, 0) is 4.74 Å². The van der Waals surface area contributed by atoms with Gasteiger partial charge in [-0.15, -0.1) is 0 Å². The maximum Gasteiger partial charge on any atom is 0.197 e. The van der Waals surface area contributed by atoms with E-state index in [0.717, 1.165) is 5.55 Å². The highest BCUT2D eigenvalue weighted by atomic mass is 32.1. The average Bonchev–Trinajstić information content (AvgIpc) is 1.88. The summed E-state index contributed by atoms with van der Waals surface area (Å²) in [4.78, 5) is 0. The van der Waals surface area contributed by atoms with E-state index in [1.165, 1.54) is 0 Å². The Morgan fingerprint density at radius 1 is 1.67 bits per heavy atom. The monoisotopic (exact) mass is 140 g/mol. The van der Waals surface area contributed by atoms with Crippen LogP contribution in [0.3, 0.4) is 0 Å². The van der Waals surface area contributed by atoms with Gasteiger partial charge in [-0.1, -0.05) is 0 Å². The molecule has 0 rings (SSSR count). The van der Waals surface area contributed by atoms with Crippen LogP contribution in [0.4, 0.5) is 0 Å². The van der Waals surface area contributed by atoms with Gasteiger partial charge in [0.1, 0.15) is 11.6 Å². The molecule has 1 atom stereocenters. The van der Waals surface area contributed by atoms with E-state index in [1.807, 2.05) is 0 Å². The largest absolute Gasteiger partial charge is 0.471 e. The minimum atomic E-state index is -0.701. The molecule has 46 valence electrons. The molecular weight excluding hydrogens is 136 g/mol. The first-order valence-corrected chi connectivity index (χ1v) is 2.68. The predicted octanol–water partition coefficient (Wildman–Crippen LogP) is 0.766. The van der Waals surface area contributed by atoms with E-state index < -0.39 is 6.10 Å². The van der Waals surface area contributed by atoms with Crippen LogP contribution in [0.15, 0.2) is 0 Å². The first-order chi connectivity index (χ1) is 4.35. The van der Waals surface area contributed by atoms with Crippen molar-refractivity contribution < 1.29 is 4.74 Å². The Morgan fingerprint density at radius 3 is 2.67 bits per heavy atom. The molecule has 0 aromatic heterocycles. The fourth-order valence-electron chi connectivity index (χ4n) is 0.274. The lowest BCUT2D eigenvalue weighted by atomic mass is 10.3.